The van der Waals surface area contributed by atoms with Crippen LogP contribution < -0.4 is 29.1 Å². The van der Waals surface area contributed by atoms with Gasteiger partial charge in [-0.15, -0.1) is 6.58 Å². The number of nitrogens with zero attached hydrogens (tertiary/aromatic N) is 2. The Morgan fingerprint density at radius 1 is 1.15 bits per heavy atom. The van der Waals surface area contributed by atoms with Gasteiger partial charge in [-0.2, -0.15) is 0 Å². The zero-order chi connectivity index (χ0) is 28.3. The number of hydrogen-bond donors (Lipinski definition) is 1. The van der Waals surface area contributed by atoms with Crippen molar-refractivity contribution in [1.82, 2.24) is 4.57 Å². The third-order valence-electron chi connectivity index (χ3n) is 6.31. The number of thiazole rings is 1. The second kappa shape index (κ2) is 11.6. The lowest BCUT2D eigenvalue weighted by Crippen LogP contribution is -2.40. The molecule has 0 radical (unpaired) electrons. The maximum Gasteiger partial charge on any atom is 0.338 e. The monoisotopic (exact) mass is 550 g/mol. The lowest BCUT2D eigenvalue weighted by Gasteiger charge is -2.26. The van der Waals surface area contributed by atoms with Gasteiger partial charge in [0, 0.05) is 11.1 Å². The summed E-state index contributed by atoms with van der Waals surface area (Å²) in [6, 6.07) is 7.77. The number of carbonyl (C=O) groups excluding carboxylic acids is 1. The van der Waals surface area contributed by atoms with Gasteiger partial charge in [0.15, 0.2) is 16.3 Å². The molecule has 204 valence electrons. The molecule has 3 aromatic rings. The van der Waals surface area contributed by atoms with Crippen LogP contribution in [0.5, 0.6) is 23.0 Å². The number of ether oxygens (including phenoxy) is 4. The Labute approximate surface area is 229 Å². The zero-order valence-electron chi connectivity index (χ0n) is 22.4. The molecule has 4 rings (SSSR count). The SMILES string of the molecule is C=CCc1cc(/C=c2/sc3n(c2=O)C(c2cc(OC)ccc2OC)C(C(=O)OCC)=C(C)N=3)cc(OC)c1O. The fraction of sp³-hybridized carbons (Fsp3) is 0.276. The topological polar surface area (TPSA) is 109 Å². The highest BCUT2D eigenvalue weighted by Crippen LogP contribution is 2.38. The van der Waals surface area contributed by atoms with Crippen LogP contribution in [0, 0.1) is 0 Å². The van der Waals surface area contributed by atoms with E-state index in [4.69, 9.17) is 18.9 Å². The van der Waals surface area contributed by atoms with Crippen molar-refractivity contribution in [2.24, 2.45) is 4.99 Å². The summed E-state index contributed by atoms with van der Waals surface area (Å²) in [5.74, 6) is 0.754. The molecule has 0 saturated carbocycles. The van der Waals surface area contributed by atoms with Crippen LogP contribution in [0.4, 0.5) is 0 Å². The van der Waals surface area contributed by atoms with Gasteiger partial charge >= 0.3 is 5.97 Å². The third kappa shape index (κ3) is 5.20. The van der Waals surface area contributed by atoms with E-state index in [9.17, 15) is 14.7 Å². The average molecular weight is 551 g/mol. The van der Waals surface area contributed by atoms with E-state index in [1.165, 1.54) is 37.2 Å². The van der Waals surface area contributed by atoms with Gasteiger partial charge in [0.25, 0.3) is 5.56 Å². The van der Waals surface area contributed by atoms with Crippen LogP contribution in [0.2, 0.25) is 0 Å². The highest BCUT2D eigenvalue weighted by Gasteiger charge is 2.35. The maximum absolute atomic E-state index is 14.0. The molecule has 1 aliphatic heterocycles. The number of methoxy groups -OCH3 is 3. The number of phenolic OH excluding ortho intramolecular Hbond substituents is 1. The first kappa shape index (κ1) is 27.7. The van der Waals surface area contributed by atoms with Crippen molar-refractivity contribution in [3.05, 3.63) is 90.6 Å². The summed E-state index contributed by atoms with van der Waals surface area (Å²) in [6.07, 6.45) is 3.80. The predicted molar refractivity (Wildman–Crippen MR) is 149 cm³/mol. The first-order chi connectivity index (χ1) is 18.8. The number of aromatic hydroxyl groups is 1. The number of aromatic nitrogens is 1. The smallest absolute Gasteiger partial charge is 0.338 e. The molecule has 1 atom stereocenters. The number of esters is 1. The lowest BCUT2D eigenvalue weighted by atomic mass is 9.94. The highest BCUT2D eigenvalue weighted by atomic mass is 32.1. The van der Waals surface area contributed by atoms with Crippen molar-refractivity contribution in [3.63, 3.8) is 0 Å². The molecule has 2 aromatic carbocycles. The summed E-state index contributed by atoms with van der Waals surface area (Å²) < 4.78 is 23.6. The average Bonchev–Trinajstić information content (AvgIpc) is 3.23. The van der Waals surface area contributed by atoms with E-state index >= 15 is 0 Å². The summed E-state index contributed by atoms with van der Waals surface area (Å²) in [6.45, 7) is 7.34. The predicted octanol–water partition coefficient (Wildman–Crippen LogP) is 3.26. The molecule has 0 saturated heterocycles. The van der Waals surface area contributed by atoms with E-state index in [1.54, 1.807) is 56.3 Å². The van der Waals surface area contributed by atoms with E-state index in [0.29, 0.717) is 49.6 Å². The number of allylic oxidation sites excluding steroid dienone is 2. The van der Waals surface area contributed by atoms with Crippen molar-refractivity contribution in [2.45, 2.75) is 26.3 Å². The van der Waals surface area contributed by atoms with Crippen LogP contribution in [0.15, 0.2) is 64.0 Å². The van der Waals surface area contributed by atoms with Crippen LogP contribution in [0.3, 0.4) is 0 Å². The molecule has 1 aliphatic rings. The van der Waals surface area contributed by atoms with Crippen LogP contribution in [0.1, 0.15) is 36.6 Å². The zero-order valence-corrected chi connectivity index (χ0v) is 23.3. The summed E-state index contributed by atoms with van der Waals surface area (Å²) >= 11 is 1.19. The molecule has 9 nitrogen and oxygen atoms in total. The fourth-order valence-electron chi connectivity index (χ4n) is 4.53. The molecule has 1 unspecified atom stereocenters. The number of phenols is 1. The molecule has 1 aromatic heterocycles. The first-order valence-electron chi connectivity index (χ1n) is 12.2. The van der Waals surface area contributed by atoms with Gasteiger partial charge in [0.2, 0.25) is 0 Å². The van der Waals surface area contributed by atoms with Crippen LogP contribution in [-0.2, 0) is 16.0 Å². The summed E-state index contributed by atoms with van der Waals surface area (Å²) in [5.41, 5.74) is 2.16. The Kier molecular flexibility index (Phi) is 8.25. The minimum atomic E-state index is -0.863. The van der Waals surface area contributed by atoms with E-state index < -0.39 is 12.0 Å². The molecule has 0 amide bonds. The second-order valence-corrected chi connectivity index (χ2v) is 9.64. The third-order valence-corrected chi connectivity index (χ3v) is 7.29. The standard InChI is InChI=1S/C29H30N2O7S/c1-7-9-18-12-17(13-22(37-6)26(18)32)14-23-27(33)31-25(20-15-19(35-4)10-11-21(20)36-5)24(28(34)38-8-2)16(3)30-29(31)39-23/h7,10-15,25,32H,1,8-9H2,2-6H3/b23-14+. The molecule has 0 aliphatic carbocycles. The van der Waals surface area contributed by atoms with Gasteiger partial charge in [-0.05, 0) is 62.2 Å². The van der Waals surface area contributed by atoms with Crippen LogP contribution >= 0.6 is 11.3 Å². The Morgan fingerprint density at radius 3 is 2.54 bits per heavy atom. The Bertz CT molecular complexity index is 1650. The Morgan fingerprint density at radius 2 is 1.90 bits per heavy atom. The Balaban J connectivity index is 2.01. The van der Waals surface area contributed by atoms with E-state index in [2.05, 4.69) is 11.6 Å². The highest BCUT2D eigenvalue weighted by molar-refractivity contribution is 7.07. The maximum atomic E-state index is 14.0. The van der Waals surface area contributed by atoms with Crippen molar-refractivity contribution >= 4 is 23.4 Å². The van der Waals surface area contributed by atoms with E-state index in [-0.39, 0.29) is 29.2 Å². The molecule has 0 bridgehead atoms. The largest absolute Gasteiger partial charge is 0.504 e. The molecule has 1 N–H and O–H groups in total. The lowest BCUT2D eigenvalue weighted by molar-refractivity contribution is -0.139. The van der Waals surface area contributed by atoms with Gasteiger partial charge < -0.3 is 24.1 Å². The Hall–Kier alpha value is -4.31. The molecule has 0 fully saturated rings. The van der Waals surface area contributed by atoms with Gasteiger partial charge in [-0.3, -0.25) is 9.36 Å². The quantitative estimate of drug-likeness (QED) is 0.322. The van der Waals surface area contributed by atoms with Gasteiger partial charge in [0.05, 0.1) is 43.7 Å². The normalized spacial score (nSPS) is 14.9. The molecule has 39 heavy (non-hydrogen) atoms. The van der Waals surface area contributed by atoms with Gasteiger partial charge in [-0.25, -0.2) is 9.79 Å². The number of hydrogen-bond acceptors (Lipinski definition) is 9. The molecular formula is C29H30N2O7S. The van der Waals surface area contributed by atoms with Crippen LogP contribution in [-0.4, -0.2) is 43.6 Å². The van der Waals surface area contributed by atoms with Gasteiger partial charge in [0.1, 0.15) is 17.5 Å². The van der Waals surface area contributed by atoms with E-state index in [0.717, 1.165) is 0 Å². The van der Waals surface area contributed by atoms with Crippen molar-refractivity contribution < 1.29 is 28.8 Å². The van der Waals surface area contributed by atoms with E-state index in [1.807, 2.05) is 0 Å². The molecule has 10 heteroatoms. The fourth-order valence-corrected chi connectivity index (χ4v) is 5.58. The minimum Gasteiger partial charge on any atom is -0.504 e. The van der Waals surface area contributed by atoms with Crippen LogP contribution in [0.25, 0.3) is 6.08 Å². The molecule has 2 heterocycles. The molecule has 0 spiro atoms. The van der Waals surface area contributed by atoms with Crippen molar-refractivity contribution in [3.8, 4) is 23.0 Å². The van der Waals surface area contributed by atoms with Crippen molar-refractivity contribution in [1.29, 1.82) is 0 Å². The second-order valence-electron chi connectivity index (χ2n) is 8.63. The number of carbonyl (C=O) groups is 1. The molecular weight excluding hydrogens is 520 g/mol. The minimum absolute atomic E-state index is 0.0239. The first-order valence-corrected chi connectivity index (χ1v) is 13.0. The van der Waals surface area contributed by atoms with Gasteiger partial charge in [-0.1, -0.05) is 17.4 Å². The summed E-state index contributed by atoms with van der Waals surface area (Å²) in [5, 5.41) is 10.5. The number of benzene rings is 2. The number of rotatable bonds is 9. The number of fused-ring (bicyclic) bond motifs is 1. The summed E-state index contributed by atoms with van der Waals surface area (Å²) in [4.78, 5) is 32.2. The summed E-state index contributed by atoms with van der Waals surface area (Å²) in [7, 11) is 4.53. The van der Waals surface area contributed by atoms with Crippen molar-refractivity contribution in [2.75, 3.05) is 27.9 Å².